The quantitative estimate of drug-likeness (QED) is 0.0606. The molecule has 2 unspecified atom stereocenters. The largest absolute Gasteiger partial charge is 0.460 e. The molecule has 0 radical (unpaired) electrons. The SMILES string of the molecule is CCCCCCCCC(CCCCCC)CN1C(=O)C2=C(c3ccc(-c4ccc(C)cc4)o3)N(CC(CCCCCC)CCCCCCCC)C(=O)C2=C1c1ccc(C)o1. The molecule has 2 aromatic heterocycles. The average molecular weight is 821 g/mol. The highest BCUT2D eigenvalue weighted by Gasteiger charge is 2.51. The second kappa shape index (κ2) is 25.2. The molecule has 0 spiro atoms. The molecule has 2 atom stereocenters. The van der Waals surface area contributed by atoms with Gasteiger partial charge in [-0.2, -0.15) is 0 Å². The Labute approximate surface area is 364 Å². The van der Waals surface area contributed by atoms with E-state index in [0.717, 1.165) is 55.6 Å². The van der Waals surface area contributed by atoms with Crippen LogP contribution in [0.2, 0.25) is 0 Å². The van der Waals surface area contributed by atoms with E-state index in [1.54, 1.807) is 0 Å². The first-order valence-electron chi connectivity index (χ1n) is 24.7. The number of hydrogen-bond donors (Lipinski definition) is 0. The van der Waals surface area contributed by atoms with Crippen LogP contribution in [0.25, 0.3) is 22.7 Å². The number of aryl methyl sites for hydroxylation is 2. The molecule has 0 N–H and O–H groups in total. The third-order valence-electron chi connectivity index (χ3n) is 13.1. The van der Waals surface area contributed by atoms with E-state index in [2.05, 4.69) is 58.9 Å². The van der Waals surface area contributed by atoms with E-state index in [0.29, 0.717) is 59.0 Å². The van der Waals surface area contributed by atoms with Crippen LogP contribution in [0.15, 0.2) is 68.5 Å². The van der Waals surface area contributed by atoms with Crippen molar-refractivity contribution in [3.8, 4) is 11.3 Å². The molecule has 0 saturated carbocycles. The number of benzene rings is 1. The molecular formula is C54H80N2O4. The van der Waals surface area contributed by atoms with Gasteiger partial charge in [0, 0.05) is 18.7 Å². The van der Waals surface area contributed by atoms with Crippen LogP contribution in [0.5, 0.6) is 0 Å². The lowest BCUT2D eigenvalue weighted by Gasteiger charge is -2.29. The van der Waals surface area contributed by atoms with Crippen molar-refractivity contribution < 1.29 is 18.4 Å². The molecule has 3 aromatic rings. The standard InChI is InChI=1S/C54H80N2O4/c1-7-11-15-19-21-25-29-43(27-23-17-13-9-3)39-55-51(47-36-33-42(6)59-47)49-50(54(55)58)52(48-38-37-46(60-48)45-34-31-41(5)32-35-45)56(53(49)57)40-44(28-24-18-14-10-4)30-26-22-20-16-12-8-2/h31-38,43-44H,7-30,39-40H2,1-6H3. The minimum Gasteiger partial charge on any atom is -0.460 e. The number of carbonyl (C=O) groups is 2. The Morgan fingerprint density at radius 2 is 0.800 bits per heavy atom. The van der Waals surface area contributed by atoms with Gasteiger partial charge < -0.3 is 18.6 Å². The zero-order chi connectivity index (χ0) is 42.7. The van der Waals surface area contributed by atoms with Crippen molar-refractivity contribution in [1.29, 1.82) is 0 Å². The van der Waals surface area contributed by atoms with E-state index < -0.39 is 0 Å². The van der Waals surface area contributed by atoms with Gasteiger partial charge >= 0.3 is 0 Å². The van der Waals surface area contributed by atoms with Gasteiger partial charge in [-0.3, -0.25) is 9.59 Å². The summed E-state index contributed by atoms with van der Waals surface area (Å²) in [5, 5.41) is 0. The molecule has 2 aliphatic rings. The summed E-state index contributed by atoms with van der Waals surface area (Å²) >= 11 is 0. The Morgan fingerprint density at radius 3 is 1.22 bits per heavy atom. The summed E-state index contributed by atoms with van der Waals surface area (Å²) in [4.78, 5) is 34.5. The summed E-state index contributed by atoms with van der Waals surface area (Å²) in [7, 11) is 0. The number of rotatable bonds is 31. The number of amides is 2. The summed E-state index contributed by atoms with van der Waals surface area (Å²) in [6.07, 6.45) is 29.0. The normalized spacial score (nSPS) is 15.3. The van der Waals surface area contributed by atoms with Gasteiger partial charge in [-0.05, 0) is 75.6 Å². The van der Waals surface area contributed by atoms with Gasteiger partial charge in [-0.15, -0.1) is 0 Å². The number of nitrogens with zero attached hydrogens (tertiary/aromatic N) is 2. The van der Waals surface area contributed by atoms with Gasteiger partial charge in [0.2, 0.25) is 0 Å². The zero-order valence-corrected chi connectivity index (χ0v) is 38.7. The zero-order valence-electron chi connectivity index (χ0n) is 38.7. The van der Waals surface area contributed by atoms with E-state index in [-0.39, 0.29) is 11.8 Å². The van der Waals surface area contributed by atoms with Crippen LogP contribution in [0, 0.1) is 25.7 Å². The highest BCUT2D eigenvalue weighted by molar-refractivity contribution is 6.30. The fraction of sp³-hybridized carbons (Fsp3) is 0.630. The summed E-state index contributed by atoms with van der Waals surface area (Å²) in [5.74, 6) is 3.20. The highest BCUT2D eigenvalue weighted by atomic mass is 16.3. The highest BCUT2D eigenvalue weighted by Crippen LogP contribution is 2.48. The molecule has 2 aliphatic heterocycles. The van der Waals surface area contributed by atoms with Crippen molar-refractivity contribution in [3.05, 3.63) is 82.5 Å². The molecule has 0 bridgehead atoms. The number of furan rings is 2. The van der Waals surface area contributed by atoms with Crippen LogP contribution < -0.4 is 0 Å². The molecule has 60 heavy (non-hydrogen) atoms. The van der Waals surface area contributed by atoms with Crippen LogP contribution >= 0.6 is 0 Å². The van der Waals surface area contributed by atoms with Crippen molar-refractivity contribution in [2.45, 2.75) is 196 Å². The first-order chi connectivity index (χ1) is 29.3. The van der Waals surface area contributed by atoms with Crippen molar-refractivity contribution in [2.24, 2.45) is 11.8 Å². The maximum absolute atomic E-state index is 15.3. The van der Waals surface area contributed by atoms with E-state index in [1.807, 2.05) is 41.0 Å². The topological polar surface area (TPSA) is 66.9 Å². The molecule has 5 rings (SSSR count). The first-order valence-corrected chi connectivity index (χ1v) is 24.7. The Bertz CT molecular complexity index is 1810. The third kappa shape index (κ3) is 13.1. The third-order valence-corrected chi connectivity index (χ3v) is 13.1. The molecule has 6 nitrogen and oxygen atoms in total. The molecule has 0 aliphatic carbocycles. The lowest BCUT2D eigenvalue weighted by Crippen LogP contribution is -2.34. The Balaban J connectivity index is 1.54. The Morgan fingerprint density at radius 1 is 0.433 bits per heavy atom. The molecule has 4 heterocycles. The van der Waals surface area contributed by atoms with Crippen molar-refractivity contribution >= 4 is 23.2 Å². The van der Waals surface area contributed by atoms with Crippen LogP contribution in [0.1, 0.15) is 205 Å². The summed E-state index contributed by atoms with van der Waals surface area (Å²) in [5.41, 5.74) is 4.43. The van der Waals surface area contributed by atoms with Gasteiger partial charge in [0.15, 0.2) is 11.5 Å². The molecule has 0 saturated heterocycles. The number of unbranched alkanes of at least 4 members (excludes halogenated alkanes) is 16. The molecular weight excluding hydrogens is 741 g/mol. The minimum absolute atomic E-state index is 0.0925. The van der Waals surface area contributed by atoms with E-state index in [9.17, 15) is 0 Å². The minimum atomic E-state index is -0.0925. The molecule has 1 aromatic carbocycles. The van der Waals surface area contributed by atoms with Crippen LogP contribution in [0.4, 0.5) is 0 Å². The Kier molecular flexibility index (Phi) is 19.9. The van der Waals surface area contributed by atoms with Crippen LogP contribution in [0.3, 0.4) is 0 Å². The molecule has 6 heteroatoms. The van der Waals surface area contributed by atoms with E-state index in [4.69, 9.17) is 8.83 Å². The Hall–Kier alpha value is -3.80. The lowest BCUT2D eigenvalue weighted by molar-refractivity contribution is -0.124. The molecule has 0 fully saturated rings. The lowest BCUT2D eigenvalue weighted by atomic mass is 9.93. The van der Waals surface area contributed by atoms with Gasteiger partial charge in [0.05, 0.1) is 11.1 Å². The number of carbonyl (C=O) groups excluding carboxylic acids is 2. The predicted octanol–water partition coefficient (Wildman–Crippen LogP) is 15.6. The smallest absolute Gasteiger partial charge is 0.261 e. The average Bonchev–Trinajstić information content (AvgIpc) is 4.03. The fourth-order valence-corrected chi connectivity index (χ4v) is 9.47. The van der Waals surface area contributed by atoms with Crippen molar-refractivity contribution in [2.75, 3.05) is 13.1 Å². The summed E-state index contributed by atoms with van der Waals surface area (Å²) in [6, 6.07) is 16.2. The number of hydrogen-bond acceptors (Lipinski definition) is 4. The van der Waals surface area contributed by atoms with Gasteiger partial charge in [-0.25, -0.2) is 0 Å². The molecule has 2 amide bonds. The van der Waals surface area contributed by atoms with Gasteiger partial charge in [0.25, 0.3) is 11.8 Å². The number of fused-ring (bicyclic) bond motifs is 1. The van der Waals surface area contributed by atoms with Gasteiger partial charge in [-0.1, -0.05) is 186 Å². The van der Waals surface area contributed by atoms with E-state index in [1.165, 1.54) is 121 Å². The first kappa shape index (κ1) is 47.3. The second-order valence-corrected chi connectivity index (χ2v) is 18.3. The van der Waals surface area contributed by atoms with Crippen molar-refractivity contribution in [1.82, 2.24) is 9.80 Å². The maximum Gasteiger partial charge on any atom is 0.261 e. The second-order valence-electron chi connectivity index (χ2n) is 18.3. The fourth-order valence-electron chi connectivity index (χ4n) is 9.47. The summed E-state index contributed by atoms with van der Waals surface area (Å²) in [6.45, 7) is 14.3. The predicted molar refractivity (Wildman–Crippen MR) is 250 cm³/mol. The molecule has 330 valence electrons. The van der Waals surface area contributed by atoms with E-state index >= 15 is 9.59 Å². The summed E-state index contributed by atoms with van der Waals surface area (Å²) < 4.78 is 13.1. The van der Waals surface area contributed by atoms with Crippen LogP contribution in [-0.2, 0) is 9.59 Å². The van der Waals surface area contributed by atoms with Crippen LogP contribution in [-0.4, -0.2) is 34.7 Å². The van der Waals surface area contributed by atoms with Gasteiger partial charge in [0.1, 0.15) is 22.9 Å². The maximum atomic E-state index is 15.3. The van der Waals surface area contributed by atoms with Crippen molar-refractivity contribution in [3.63, 3.8) is 0 Å². The monoisotopic (exact) mass is 821 g/mol.